The van der Waals surface area contributed by atoms with Crippen molar-refractivity contribution in [3.8, 4) is 0 Å². The van der Waals surface area contributed by atoms with Crippen molar-refractivity contribution in [1.82, 2.24) is 0 Å². The zero-order chi connectivity index (χ0) is 39.0. The van der Waals surface area contributed by atoms with Gasteiger partial charge in [0.05, 0.1) is 38.1 Å². The second-order valence-corrected chi connectivity index (χ2v) is 13.8. The Bertz CT molecular complexity index is 1140. The van der Waals surface area contributed by atoms with Crippen molar-refractivity contribution in [3.63, 3.8) is 0 Å². The van der Waals surface area contributed by atoms with Crippen LogP contribution in [0.25, 0.3) is 0 Å². The lowest BCUT2D eigenvalue weighted by atomic mass is 9.95. The molecule has 0 aromatic rings. The average molecular weight is 781 g/mol. The second-order valence-electron chi connectivity index (χ2n) is 13.8. The van der Waals surface area contributed by atoms with Crippen molar-refractivity contribution in [2.45, 2.75) is 168 Å². The van der Waals surface area contributed by atoms with Gasteiger partial charge in [0, 0.05) is 6.42 Å². The van der Waals surface area contributed by atoms with Gasteiger partial charge in [-0.2, -0.15) is 0 Å². The van der Waals surface area contributed by atoms with Crippen molar-refractivity contribution in [2.24, 2.45) is 0 Å². The Labute approximate surface area is 301 Å². The molecule has 0 aliphatic carbocycles. The number of hydrogen-bond acceptors (Lipinski definition) is 23. The summed E-state index contributed by atoms with van der Waals surface area (Å²) in [6, 6.07) is 0. The topological polar surface area (TPSA) is 366 Å². The minimum atomic E-state index is -2.00. The van der Waals surface area contributed by atoms with Crippen LogP contribution in [0.1, 0.15) is 20.3 Å². The van der Waals surface area contributed by atoms with Crippen LogP contribution in [0, 0.1) is 0 Å². The van der Waals surface area contributed by atoms with Gasteiger partial charge < -0.3 is 114 Å². The molecule has 0 bridgehead atoms. The molecule has 0 spiro atoms. The van der Waals surface area contributed by atoms with Crippen LogP contribution in [-0.2, 0) is 42.6 Å². The Kier molecular flexibility index (Phi) is 14.8. The SMILES string of the molecule is C[C@@H]1O[C@@H](O[C@@H]2[C@@H](O)[C@@H](O)O[C@H](CO)[C@@H]2O)[C@H](O)[C@H](O)[C@H]1O[C@H]1O[C@H](CO)[C@@H](O)[C@H](O[C@H]2O[C@H](C)[C@@H](O)C[C@@H]2O)[C@@H]1O[C@H]1O[C@H](CO)[C@H](O)[C@H](O)[C@H]1O. The van der Waals surface area contributed by atoms with Crippen LogP contribution >= 0.6 is 0 Å². The van der Waals surface area contributed by atoms with Crippen LogP contribution in [-0.4, -0.2) is 239 Å². The fourth-order valence-corrected chi connectivity index (χ4v) is 6.85. The first-order chi connectivity index (χ1) is 25.0. The Balaban J connectivity index is 1.40. The van der Waals surface area contributed by atoms with Gasteiger partial charge in [0.1, 0.15) is 97.7 Å². The summed E-state index contributed by atoms with van der Waals surface area (Å²) in [5.41, 5.74) is 0. The molecule has 0 aromatic carbocycles. The van der Waals surface area contributed by atoms with Gasteiger partial charge in [0.15, 0.2) is 31.5 Å². The van der Waals surface area contributed by atoms with Crippen LogP contribution in [0.4, 0.5) is 0 Å². The van der Waals surface area contributed by atoms with E-state index in [1.54, 1.807) is 0 Å². The maximum absolute atomic E-state index is 11.3. The molecule has 5 aliphatic heterocycles. The minimum Gasteiger partial charge on any atom is -0.394 e. The monoisotopic (exact) mass is 780 g/mol. The molecular weight excluding hydrogens is 728 g/mol. The molecule has 0 saturated carbocycles. The largest absolute Gasteiger partial charge is 0.394 e. The van der Waals surface area contributed by atoms with E-state index < -0.39 is 167 Å². The molecule has 0 aromatic heterocycles. The molecule has 23 nitrogen and oxygen atoms in total. The molecule has 14 N–H and O–H groups in total. The smallest absolute Gasteiger partial charge is 0.187 e. The van der Waals surface area contributed by atoms with E-state index in [9.17, 15) is 71.5 Å². The summed E-state index contributed by atoms with van der Waals surface area (Å²) in [4.78, 5) is 0. The van der Waals surface area contributed by atoms with Gasteiger partial charge in [0.2, 0.25) is 0 Å². The third-order valence-corrected chi connectivity index (χ3v) is 10.1. The quantitative estimate of drug-likeness (QED) is 0.0925. The van der Waals surface area contributed by atoms with Gasteiger partial charge in [-0.25, -0.2) is 0 Å². The first-order valence-corrected chi connectivity index (χ1v) is 17.2. The normalized spacial score (nSPS) is 54.1. The van der Waals surface area contributed by atoms with E-state index in [1.165, 1.54) is 13.8 Å². The van der Waals surface area contributed by atoms with Crippen LogP contribution in [0.15, 0.2) is 0 Å². The van der Waals surface area contributed by atoms with Gasteiger partial charge in [-0.05, 0) is 13.8 Å². The molecule has 5 saturated heterocycles. The fraction of sp³-hybridized carbons (Fsp3) is 1.00. The highest BCUT2D eigenvalue weighted by Gasteiger charge is 2.56. The van der Waals surface area contributed by atoms with Crippen LogP contribution in [0.3, 0.4) is 0 Å². The lowest BCUT2D eigenvalue weighted by Crippen LogP contribution is -2.68. The van der Waals surface area contributed by atoms with Gasteiger partial charge in [-0.1, -0.05) is 0 Å². The maximum Gasteiger partial charge on any atom is 0.187 e. The van der Waals surface area contributed by atoms with E-state index in [4.69, 9.17) is 42.6 Å². The van der Waals surface area contributed by atoms with Gasteiger partial charge in [-0.3, -0.25) is 0 Å². The van der Waals surface area contributed by atoms with E-state index in [0.717, 1.165) is 0 Å². The van der Waals surface area contributed by atoms with Gasteiger partial charge >= 0.3 is 0 Å². The molecule has 24 atom stereocenters. The molecule has 5 aliphatic rings. The Morgan fingerprint density at radius 2 is 0.868 bits per heavy atom. The Hall–Kier alpha value is -0.920. The lowest BCUT2D eigenvalue weighted by molar-refractivity contribution is -0.405. The number of aliphatic hydroxyl groups is 14. The van der Waals surface area contributed by atoms with Crippen LogP contribution in [0.5, 0.6) is 0 Å². The molecule has 5 rings (SSSR count). The van der Waals surface area contributed by atoms with E-state index in [1.807, 2.05) is 0 Å². The summed E-state index contributed by atoms with van der Waals surface area (Å²) in [6.07, 6.45) is -40.0. The lowest BCUT2D eigenvalue weighted by Gasteiger charge is -2.50. The average Bonchev–Trinajstić information content (AvgIpc) is 3.12. The highest BCUT2D eigenvalue weighted by atomic mass is 16.8. The van der Waals surface area contributed by atoms with E-state index >= 15 is 0 Å². The zero-order valence-electron chi connectivity index (χ0n) is 28.6. The predicted molar refractivity (Wildman–Crippen MR) is 162 cm³/mol. The molecule has 0 radical (unpaired) electrons. The van der Waals surface area contributed by atoms with Crippen LogP contribution < -0.4 is 0 Å². The second kappa shape index (κ2) is 18.1. The van der Waals surface area contributed by atoms with Crippen molar-refractivity contribution in [1.29, 1.82) is 0 Å². The predicted octanol–water partition coefficient (Wildman–Crippen LogP) is -8.84. The molecule has 53 heavy (non-hydrogen) atoms. The highest BCUT2D eigenvalue weighted by molar-refractivity contribution is 4.98. The van der Waals surface area contributed by atoms with E-state index in [0.29, 0.717) is 0 Å². The summed E-state index contributed by atoms with van der Waals surface area (Å²) in [6.45, 7) is 0.352. The standard InChI is InChI=1S/C30H52O23/c1-7-9(34)3-10(35)27(45-7)52-24-16(38)13(6-33)49-30(25(24)53-29-19(41)17(39)14(36)11(4-31)48-29)50-22-8(2)46-28(20(42)18(22)40)51-23-15(37)12(5-32)47-26(44)21(23)43/h7-44H,3-6H2,1-2H3/t7-,8+,9+,10+,11-,12-,13-,14+,15+,16-,17+,18+,19-,20-,21-,22+,23+,24+,25+,26+,27-,28+,29-,30-/m1/s1. The molecule has 23 heteroatoms. The third-order valence-electron chi connectivity index (χ3n) is 10.1. The first kappa shape index (κ1) is 43.2. The molecule has 5 fully saturated rings. The summed E-state index contributed by atoms with van der Waals surface area (Å²) in [5, 5.41) is 146. The molecule has 5 heterocycles. The summed E-state index contributed by atoms with van der Waals surface area (Å²) in [5.74, 6) is 0. The van der Waals surface area contributed by atoms with Gasteiger partial charge in [0.25, 0.3) is 0 Å². The Morgan fingerprint density at radius 3 is 1.51 bits per heavy atom. The Morgan fingerprint density at radius 1 is 0.396 bits per heavy atom. The number of aliphatic hydroxyl groups excluding tert-OH is 14. The van der Waals surface area contributed by atoms with E-state index in [-0.39, 0.29) is 6.42 Å². The summed E-state index contributed by atoms with van der Waals surface area (Å²) < 4.78 is 51.0. The van der Waals surface area contributed by atoms with Gasteiger partial charge in [-0.15, -0.1) is 0 Å². The molecular formula is C30H52O23. The number of ether oxygens (including phenoxy) is 9. The third kappa shape index (κ3) is 8.98. The highest BCUT2D eigenvalue weighted by Crippen LogP contribution is 2.36. The summed E-state index contributed by atoms with van der Waals surface area (Å²) >= 11 is 0. The van der Waals surface area contributed by atoms with Crippen LogP contribution in [0.2, 0.25) is 0 Å². The van der Waals surface area contributed by atoms with Crippen molar-refractivity contribution >= 4 is 0 Å². The molecule has 0 unspecified atom stereocenters. The zero-order valence-corrected chi connectivity index (χ0v) is 28.6. The first-order valence-electron chi connectivity index (χ1n) is 17.2. The number of rotatable bonds is 11. The minimum absolute atomic E-state index is 0.210. The molecule has 310 valence electrons. The fourth-order valence-electron chi connectivity index (χ4n) is 6.85. The maximum atomic E-state index is 11.3. The number of hydrogen-bond donors (Lipinski definition) is 14. The molecule has 0 amide bonds. The van der Waals surface area contributed by atoms with Crippen molar-refractivity contribution < 1.29 is 114 Å². The summed E-state index contributed by atoms with van der Waals surface area (Å²) in [7, 11) is 0. The van der Waals surface area contributed by atoms with Crippen molar-refractivity contribution in [2.75, 3.05) is 19.8 Å². The van der Waals surface area contributed by atoms with Crippen molar-refractivity contribution in [3.05, 3.63) is 0 Å². The van der Waals surface area contributed by atoms with E-state index in [2.05, 4.69) is 0 Å².